The van der Waals surface area contributed by atoms with Gasteiger partial charge in [-0.15, -0.1) is 0 Å². The van der Waals surface area contributed by atoms with Gasteiger partial charge in [-0.05, 0) is 37.0 Å². The number of ether oxygens (including phenoxy) is 2. The summed E-state index contributed by atoms with van der Waals surface area (Å²) in [4.78, 5) is 0. The second kappa shape index (κ2) is 6.38. The minimum Gasteiger partial charge on any atom is -0.399 e. The van der Waals surface area contributed by atoms with Crippen molar-refractivity contribution in [2.75, 3.05) is 18.9 Å². The number of hydrogen-bond acceptors (Lipinski definition) is 3. The van der Waals surface area contributed by atoms with Crippen molar-refractivity contribution in [3.8, 4) is 0 Å². The summed E-state index contributed by atoms with van der Waals surface area (Å²) < 4.78 is 12.3. The lowest BCUT2D eigenvalue weighted by molar-refractivity contribution is -0.0448. The Morgan fingerprint density at radius 3 is 3.00 bits per heavy atom. The van der Waals surface area contributed by atoms with E-state index in [1.807, 2.05) is 18.2 Å². The molecule has 0 radical (unpaired) electrons. The molecule has 3 nitrogen and oxygen atoms in total. The van der Waals surface area contributed by atoms with E-state index in [2.05, 4.69) is 15.9 Å². The SMILES string of the molecule is Nc1ccc(COCC2CCCCO2)c(Br)c1. The molecule has 94 valence electrons. The van der Waals surface area contributed by atoms with Crippen LogP contribution < -0.4 is 5.73 Å². The van der Waals surface area contributed by atoms with Crippen molar-refractivity contribution in [1.82, 2.24) is 0 Å². The molecule has 0 bridgehead atoms. The van der Waals surface area contributed by atoms with Gasteiger partial charge in [0.1, 0.15) is 0 Å². The Balaban J connectivity index is 1.77. The lowest BCUT2D eigenvalue weighted by Crippen LogP contribution is -2.24. The highest BCUT2D eigenvalue weighted by Gasteiger charge is 2.13. The summed E-state index contributed by atoms with van der Waals surface area (Å²) >= 11 is 3.48. The Bertz CT molecular complexity index is 364. The highest BCUT2D eigenvalue weighted by Crippen LogP contribution is 2.21. The van der Waals surface area contributed by atoms with Gasteiger partial charge >= 0.3 is 0 Å². The van der Waals surface area contributed by atoms with Crippen molar-refractivity contribution < 1.29 is 9.47 Å². The molecule has 1 atom stereocenters. The average molecular weight is 300 g/mol. The number of anilines is 1. The molecule has 0 saturated carbocycles. The smallest absolute Gasteiger partial charge is 0.0808 e. The third-order valence-corrected chi connectivity index (χ3v) is 3.65. The number of hydrogen-bond donors (Lipinski definition) is 1. The first kappa shape index (κ1) is 12.9. The Morgan fingerprint density at radius 2 is 2.29 bits per heavy atom. The largest absolute Gasteiger partial charge is 0.399 e. The molecule has 1 aliphatic heterocycles. The second-order valence-electron chi connectivity index (χ2n) is 4.35. The summed E-state index contributed by atoms with van der Waals surface area (Å²) in [7, 11) is 0. The van der Waals surface area contributed by atoms with E-state index in [9.17, 15) is 0 Å². The van der Waals surface area contributed by atoms with Crippen molar-refractivity contribution >= 4 is 21.6 Å². The van der Waals surface area contributed by atoms with Gasteiger partial charge in [-0.2, -0.15) is 0 Å². The zero-order valence-electron chi connectivity index (χ0n) is 9.82. The van der Waals surface area contributed by atoms with E-state index in [-0.39, 0.29) is 6.10 Å². The minimum absolute atomic E-state index is 0.274. The first-order valence-corrected chi connectivity index (χ1v) is 6.78. The first-order valence-electron chi connectivity index (χ1n) is 5.99. The van der Waals surface area contributed by atoms with Crippen LogP contribution in [-0.2, 0) is 16.1 Å². The van der Waals surface area contributed by atoms with Crippen LogP contribution in [0.5, 0.6) is 0 Å². The van der Waals surface area contributed by atoms with Gasteiger partial charge in [0, 0.05) is 16.8 Å². The zero-order valence-corrected chi connectivity index (χ0v) is 11.4. The van der Waals surface area contributed by atoms with Crippen LogP contribution in [0.2, 0.25) is 0 Å². The molecule has 0 amide bonds. The molecule has 1 unspecified atom stereocenters. The lowest BCUT2D eigenvalue weighted by Gasteiger charge is -2.22. The molecule has 1 aromatic carbocycles. The predicted molar refractivity (Wildman–Crippen MR) is 71.8 cm³/mol. The van der Waals surface area contributed by atoms with Crippen LogP contribution in [-0.4, -0.2) is 19.3 Å². The summed E-state index contributed by atoms with van der Waals surface area (Å²) in [6, 6.07) is 5.78. The van der Waals surface area contributed by atoms with Crippen LogP contribution in [0, 0.1) is 0 Å². The van der Waals surface area contributed by atoms with Crippen molar-refractivity contribution in [1.29, 1.82) is 0 Å². The highest BCUT2D eigenvalue weighted by atomic mass is 79.9. The average Bonchev–Trinajstić information content (AvgIpc) is 2.33. The van der Waals surface area contributed by atoms with E-state index >= 15 is 0 Å². The fraction of sp³-hybridized carbons (Fsp3) is 0.538. The first-order chi connectivity index (χ1) is 8.25. The fourth-order valence-electron chi connectivity index (χ4n) is 1.92. The van der Waals surface area contributed by atoms with Gasteiger partial charge in [-0.3, -0.25) is 0 Å². The van der Waals surface area contributed by atoms with Crippen LogP contribution in [0.15, 0.2) is 22.7 Å². The molecule has 1 saturated heterocycles. The van der Waals surface area contributed by atoms with Gasteiger partial charge in [0.15, 0.2) is 0 Å². The maximum Gasteiger partial charge on any atom is 0.0808 e. The van der Waals surface area contributed by atoms with E-state index in [0.717, 1.165) is 28.8 Å². The summed E-state index contributed by atoms with van der Waals surface area (Å²) in [5.74, 6) is 0. The number of nitrogen functional groups attached to an aromatic ring is 1. The van der Waals surface area contributed by atoms with Crippen LogP contribution in [0.1, 0.15) is 24.8 Å². The van der Waals surface area contributed by atoms with Gasteiger partial charge in [0.05, 0.1) is 19.3 Å². The van der Waals surface area contributed by atoms with E-state index in [1.165, 1.54) is 12.8 Å². The van der Waals surface area contributed by atoms with Crippen LogP contribution >= 0.6 is 15.9 Å². The van der Waals surface area contributed by atoms with Crippen molar-refractivity contribution in [2.24, 2.45) is 0 Å². The van der Waals surface area contributed by atoms with Crippen molar-refractivity contribution in [2.45, 2.75) is 32.0 Å². The Hall–Kier alpha value is -0.580. The molecule has 2 rings (SSSR count). The number of rotatable bonds is 4. The van der Waals surface area contributed by atoms with Gasteiger partial charge in [-0.1, -0.05) is 22.0 Å². The zero-order chi connectivity index (χ0) is 12.1. The van der Waals surface area contributed by atoms with Gasteiger partial charge < -0.3 is 15.2 Å². The normalized spacial score (nSPS) is 20.4. The summed E-state index contributed by atoms with van der Waals surface area (Å²) in [6.07, 6.45) is 3.82. The Morgan fingerprint density at radius 1 is 1.41 bits per heavy atom. The third-order valence-electron chi connectivity index (χ3n) is 2.91. The van der Waals surface area contributed by atoms with E-state index < -0.39 is 0 Å². The molecular formula is C13H18BrNO2. The molecule has 1 aromatic rings. The Labute approximate surface area is 110 Å². The molecule has 17 heavy (non-hydrogen) atoms. The molecule has 1 fully saturated rings. The predicted octanol–water partition coefficient (Wildman–Crippen LogP) is 3.12. The molecule has 1 aliphatic rings. The summed E-state index contributed by atoms with van der Waals surface area (Å²) in [6.45, 7) is 2.15. The van der Waals surface area contributed by atoms with Crippen LogP contribution in [0.3, 0.4) is 0 Å². The molecule has 0 aliphatic carbocycles. The number of halogens is 1. The topological polar surface area (TPSA) is 44.5 Å². The quantitative estimate of drug-likeness (QED) is 0.869. The fourth-order valence-corrected chi connectivity index (χ4v) is 2.43. The number of nitrogens with two attached hydrogens (primary N) is 1. The highest BCUT2D eigenvalue weighted by molar-refractivity contribution is 9.10. The van der Waals surface area contributed by atoms with Crippen molar-refractivity contribution in [3.63, 3.8) is 0 Å². The standard InChI is InChI=1S/C13H18BrNO2/c14-13-7-11(15)5-4-10(13)8-16-9-12-3-1-2-6-17-12/h4-5,7,12H,1-3,6,8-9,15H2. The van der Waals surface area contributed by atoms with E-state index in [4.69, 9.17) is 15.2 Å². The van der Waals surface area contributed by atoms with Gasteiger partial charge in [0.2, 0.25) is 0 Å². The van der Waals surface area contributed by atoms with Crippen LogP contribution in [0.25, 0.3) is 0 Å². The molecule has 0 spiro atoms. The summed E-state index contributed by atoms with van der Waals surface area (Å²) in [5.41, 5.74) is 7.56. The summed E-state index contributed by atoms with van der Waals surface area (Å²) in [5, 5.41) is 0. The molecule has 2 N–H and O–H groups in total. The monoisotopic (exact) mass is 299 g/mol. The molecule has 4 heteroatoms. The van der Waals surface area contributed by atoms with E-state index in [0.29, 0.717) is 13.2 Å². The lowest BCUT2D eigenvalue weighted by atomic mass is 10.1. The second-order valence-corrected chi connectivity index (χ2v) is 5.21. The molecular weight excluding hydrogens is 282 g/mol. The number of benzene rings is 1. The van der Waals surface area contributed by atoms with Crippen molar-refractivity contribution in [3.05, 3.63) is 28.2 Å². The third kappa shape index (κ3) is 3.98. The maximum atomic E-state index is 5.68. The van der Waals surface area contributed by atoms with Gasteiger partial charge in [0.25, 0.3) is 0 Å². The Kier molecular flexibility index (Phi) is 4.83. The minimum atomic E-state index is 0.274. The maximum absolute atomic E-state index is 5.68. The van der Waals surface area contributed by atoms with Crippen LogP contribution in [0.4, 0.5) is 5.69 Å². The molecule has 0 aromatic heterocycles. The van der Waals surface area contributed by atoms with Gasteiger partial charge in [-0.25, -0.2) is 0 Å². The molecule has 1 heterocycles. The van der Waals surface area contributed by atoms with E-state index in [1.54, 1.807) is 0 Å².